The first kappa shape index (κ1) is 19.8. The number of para-hydroxylation sites is 1. The summed E-state index contributed by atoms with van der Waals surface area (Å²) in [5.41, 5.74) is 0.852. The molecule has 1 aliphatic heterocycles. The van der Waals surface area contributed by atoms with Crippen LogP contribution in [0.5, 0.6) is 5.75 Å². The van der Waals surface area contributed by atoms with Crippen molar-refractivity contribution in [2.45, 2.75) is 0 Å². The van der Waals surface area contributed by atoms with Crippen LogP contribution in [0.1, 0.15) is 41.4 Å². The Kier molecular flexibility index (Phi) is 4.96. The van der Waals surface area contributed by atoms with Gasteiger partial charge in [0.2, 0.25) is 0 Å². The number of hydrogen-bond acceptors (Lipinski definition) is 5. The number of nitrogens with zero attached hydrogens (tertiary/aromatic N) is 1. The molecule has 3 amide bonds. The maximum atomic E-state index is 12.9. The highest BCUT2D eigenvalue weighted by molar-refractivity contribution is 6.34. The first-order valence-electron chi connectivity index (χ1n) is 9.21. The van der Waals surface area contributed by atoms with Crippen LogP contribution in [0.4, 0.5) is 11.4 Å². The molecule has 154 valence electrons. The third kappa shape index (κ3) is 3.51. The van der Waals surface area contributed by atoms with E-state index in [2.05, 4.69) is 5.32 Å². The molecule has 0 saturated carbocycles. The molecule has 8 heteroatoms. The zero-order chi connectivity index (χ0) is 22.1. The maximum Gasteiger partial charge on any atom is 0.337 e. The Morgan fingerprint density at radius 1 is 0.903 bits per heavy atom. The molecule has 31 heavy (non-hydrogen) atoms. The van der Waals surface area contributed by atoms with Gasteiger partial charge in [0.1, 0.15) is 5.75 Å². The average Bonchev–Trinajstić information content (AvgIpc) is 3.03. The van der Waals surface area contributed by atoms with E-state index in [4.69, 9.17) is 4.74 Å². The standard InChI is InChI=1S/C23H16N2O6/c1-31-15-9-7-14(8-10-15)25-21(27)16-11-6-13(12-18(16)22(25)28)20(26)24-19-5-3-2-4-17(19)23(29)30/h2-12H,1H3,(H,24,26)(H,29,30). The van der Waals surface area contributed by atoms with Crippen LogP contribution >= 0.6 is 0 Å². The number of imide groups is 1. The Labute approximate surface area is 176 Å². The largest absolute Gasteiger partial charge is 0.497 e. The van der Waals surface area contributed by atoms with Gasteiger partial charge in [-0.2, -0.15) is 0 Å². The summed E-state index contributed by atoms with van der Waals surface area (Å²) in [7, 11) is 1.51. The molecule has 0 aromatic heterocycles. The molecule has 1 aliphatic rings. The number of anilines is 2. The number of carbonyl (C=O) groups is 4. The Balaban J connectivity index is 1.62. The molecule has 0 aliphatic carbocycles. The molecule has 0 bridgehead atoms. The highest BCUT2D eigenvalue weighted by atomic mass is 16.5. The van der Waals surface area contributed by atoms with Crippen molar-refractivity contribution in [1.29, 1.82) is 0 Å². The van der Waals surface area contributed by atoms with Gasteiger partial charge in [-0.3, -0.25) is 14.4 Å². The molecule has 4 rings (SSSR count). The van der Waals surface area contributed by atoms with Crippen molar-refractivity contribution in [2.75, 3.05) is 17.3 Å². The van der Waals surface area contributed by atoms with E-state index in [1.807, 2.05) is 0 Å². The molecule has 8 nitrogen and oxygen atoms in total. The lowest BCUT2D eigenvalue weighted by atomic mass is 10.0. The second kappa shape index (κ2) is 7.75. The Bertz CT molecular complexity index is 1230. The van der Waals surface area contributed by atoms with Crippen LogP contribution in [0.25, 0.3) is 0 Å². The van der Waals surface area contributed by atoms with E-state index in [1.54, 1.807) is 36.4 Å². The smallest absolute Gasteiger partial charge is 0.337 e. The van der Waals surface area contributed by atoms with Crippen LogP contribution in [-0.2, 0) is 0 Å². The molecule has 0 fully saturated rings. The quantitative estimate of drug-likeness (QED) is 0.616. The monoisotopic (exact) mass is 416 g/mol. The van der Waals surface area contributed by atoms with Gasteiger partial charge < -0.3 is 15.2 Å². The van der Waals surface area contributed by atoms with E-state index in [0.717, 1.165) is 4.90 Å². The van der Waals surface area contributed by atoms with E-state index in [0.29, 0.717) is 11.4 Å². The Morgan fingerprint density at radius 3 is 2.26 bits per heavy atom. The fourth-order valence-electron chi connectivity index (χ4n) is 3.32. The van der Waals surface area contributed by atoms with E-state index < -0.39 is 23.7 Å². The number of nitrogens with one attached hydrogen (secondary N) is 1. The second-order valence-electron chi connectivity index (χ2n) is 6.71. The molecule has 3 aromatic rings. The average molecular weight is 416 g/mol. The van der Waals surface area contributed by atoms with Gasteiger partial charge in [-0.25, -0.2) is 9.69 Å². The van der Waals surface area contributed by atoms with Crippen molar-refractivity contribution >= 4 is 35.1 Å². The van der Waals surface area contributed by atoms with Crippen LogP contribution in [0.3, 0.4) is 0 Å². The number of carboxylic acid groups (broad SMARTS) is 1. The number of amides is 3. The minimum atomic E-state index is -1.18. The lowest BCUT2D eigenvalue weighted by Crippen LogP contribution is -2.29. The lowest BCUT2D eigenvalue weighted by Gasteiger charge is -2.14. The van der Waals surface area contributed by atoms with Gasteiger partial charge in [0.15, 0.2) is 0 Å². The van der Waals surface area contributed by atoms with E-state index >= 15 is 0 Å². The number of fused-ring (bicyclic) bond motifs is 1. The van der Waals surface area contributed by atoms with Gasteiger partial charge in [-0.1, -0.05) is 12.1 Å². The SMILES string of the molecule is COc1ccc(N2C(=O)c3ccc(C(=O)Nc4ccccc4C(=O)O)cc3C2=O)cc1. The number of aromatic carboxylic acids is 1. The van der Waals surface area contributed by atoms with Crippen molar-refractivity contribution in [3.05, 3.63) is 89.0 Å². The molecule has 0 saturated heterocycles. The highest BCUT2D eigenvalue weighted by Crippen LogP contribution is 2.30. The van der Waals surface area contributed by atoms with Crippen molar-refractivity contribution in [1.82, 2.24) is 0 Å². The molecule has 0 radical (unpaired) electrons. The fourth-order valence-corrected chi connectivity index (χ4v) is 3.32. The first-order chi connectivity index (χ1) is 14.9. The zero-order valence-electron chi connectivity index (χ0n) is 16.3. The minimum Gasteiger partial charge on any atom is -0.497 e. The number of benzene rings is 3. The van der Waals surface area contributed by atoms with Crippen molar-refractivity contribution < 1.29 is 29.0 Å². The summed E-state index contributed by atoms with van der Waals surface area (Å²) in [4.78, 5) is 50.7. The number of rotatable bonds is 5. The number of carbonyl (C=O) groups excluding carboxylic acids is 3. The van der Waals surface area contributed by atoms with Crippen LogP contribution in [0, 0.1) is 0 Å². The predicted octanol–water partition coefficient (Wildman–Crippen LogP) is 3.45. The summed E-state index contributed by atoms with van der Waals surface area (Å²) >= 11 is 0. The molecule has 1 heterocycles. The van der Waals surface area contributed by atoms with Gasteiger partial charge in [0.25, 0.3) is 17.7 Å². The third-order valence-electron chi connectivity index (χ3n) is 4.89. The van der Waals surface area contributed by atoms with Crippen LogP contribution in [0.2, 0.25) is 0 Å². The van der Waals surface area contributed by atoms with Crippen LogP contribution < -0.4 is 15.0 Å². The van der Waals surface area contributed by atoms with Gasteiger partial charge in [0, 0.05) is 5.56 Å². The minimum absolute atomic E-state index is 0.0612. The third-order valence-corrected chi connectivity index (χ3v) is 4.89. The molecule has 2 N–H and O–H groups in total. The number of ether oxygens (including phenoxy) is 1. The van der Waals surface area contributed by atoms with Gasteiger partial charge >= 0.3 is 5.97 Å². The molecule has 3 aromatic carbocycles. The molecular formula is C23H16N2O6. The van der Waals surface area contributed by atoms with Crippen molar-refractivity contribution in [2.24, 2.45) is 0 Å². The summed E-state index contributed by atoms with van der Waals surface area (Å²) in [6.07, 6.45) is 0. The summed E-state index contributed by atoms with van der Waals surface area (Å²) < 4.78 is 5.09. The predicted molar refractivity (Wildman–Crippen MR) is 112 cm³/mol. The van der Waals surface area contributed by atoms with Crippen molar-refractivity contribution in [3.63, 3.8) is 0 Å². The summed E-state index contributed by atoms with van der Waals surface area (Å²) in [6.45, 7) is 0. The van der Waals surface area contributed by atoms with Crippen LogP contribution in [0.15, 0.2) is 66.7 Å². The molecule has 0 spiro atoms. The molecular weight excluding hydrogens is 400 g/mol. The highest BCUT2D eigenvalue weighted by Gasteiger charge is 2.37. The summed E-state index contributed by atoms with van der Waals surface area (Å²) in [5.74, 6) is -2.24. The van der Waals surface area contributed by atoms with E-state index in [9.17, 15) is 24.3 Å². The molecule has 0 unspecified atom stereocenters. The summed E-state index contributed by atoms with van der Waals surface area (Å²) in [5, 5.41) is 11.8. The van der Waals surface area contributed by atoms with Gasteiger partial charge in [-0.05, 0) is 54.6 Å². The van der Waals surface area contributed by atoms with Gasteiger partial charge in [-0.15, -0.1) is 0 Å². The zero-order valence-corrected chi connectivity index (χ0v) is 16.3. The van der Waals surface area contributed by atoms with Gasteiger partial charge in [0.05, 0.1) is 35.2 Å². The number of hydrogen-bond donors (Lipinski definition) is 2. The second-order valence-corrected chi connectivity index (χ2v) is 6.71. The summed E-state index contributed by atoms with van der Waals surface area (Å²) in [6, 6.07) is 16.6. The maximum absolute atomic E-state index is 12.9. The normalized spacial score (nSPS) is 12.5. The molecule has 0 atom stereocenters. The first-order valence-corrected chi connectivity index (χ1v) is 9.21. The van der Waals surface area contributed by atoms with E-state index in [-0.39, 0.29) is 27.9 Å². The van der Waals surface area contributed by atoms with Crippen molar-refractivity contribution in [3.8, 4) is 5.75 Å². The fraction of sp³-hybridized carbons (Fsp3) is 0.0435. The number of carboxylic acids is 1. The Morgan fingerprint density at radius 2 is 1.58 bits per heavy atom. The van der Waals surface area contributed by atoms with E-state index in [1.165, 1.54) is 37.4 Å². The Hall–Kier alpha value is -4.46. The number of methoxy groups -OCH3 is 1. The lowest BCUT2D eigenvalue weighted by molar-refractivity contribution is 0.0697. The van der Waals surface area contributed by atoms with Crippen LogP contribution in [-0.4, -0.2) is 35.9 Å². The topological polar surface area (TPSA) is 113 Å².